The Morgan fingerprint density at radius 2 is 1.29 bits per heavy atom. The first kappa shape index (κ1) is 25.5. The van der Waals surface area contributed by atoms with Crippen molar-refractivity contribution < 1.29 is 18.1 Å². The highest BCUT2D eigenvalue weighted by molar-refractivity contribution is 7.49. The normalized spacial score (nSPS) is 12.9. The van der Waals surface area contributed by atoms with E-state index in [1.165, 1.54) is 0 Å². The lowest BCUT2D eigenvalue weighted by atomic mass is 10.0. The molecule has 0 radical (unpaired) electrons. The Hall–Kier alpha value is -1.77. The quantitative estimate of drug-likeness (QED) is 0.289. The second kappa shape index (κ2) is 12.3. The van der Waals surface area contributed by atoms with Gasteiger partial charge in [-0.15, -0.1) is 0 Å². The molecule has 0 aliphatic rings. The molecule has 0 aliphatic carbocycles. The number of phosphoric acid groups is 1. The molecule has 2 rings (SSSR count). The highest BCUT2D eigenvalue weighted by Gasteiger charge is 2.34. The summed E-state index contributed by atoms with van der Waals surface area (Å²) in [5.41, 5.74) is 1.95. The first-order valence-corrected chi connectivity index (χ1v) is 13.1. The fourth-order valence-electron chi connectivity index (χ4n) is 3.49. The van der Waals surface area contributed by atoms with Crippen molar-refractivity contribution in [3.8, 4) is 11.5 Å². The molecule has 5 heteroatoms. The third-order valence-electron chi connectivity index (χ3n) is 5.51. The Morgan fingerprint density at radius 3 is 1.71 bits per heavy atom. The van der Waals surface area contributed by atoms with E-state index in [9.17, 15) is 4.57 Å². The van der Waals surface area contributed by atoms with Gasteiger partial charge in [-0.05, 0) is 47.4 Å². The molecule has 0 amide bonds. The third-order valence-corrected chi connectivity index (χ3v) is 6.82. The van der Waals surface area contributed by atoms with Gasteiger partial charge in [0.05, 0.1) is 6.61 Å². The predicted molar refractivity (Wildman–Crippen MR) is 129 cm³/mol. The number of hydrogen-bond donors (Lipinski definition) is 0. The highest BCUT2D eigenvalue weighted by Crippen LogP contribution is 2.52. The maximum atomic E-state index is 13.9. The molecule has 0 aromatic heterocycles. The summed E-state index contributed by atoms with van der Waals surface area (Å²) in [7, 11) is -3.90. The van der Waals surface area contributed by atoms with E-state index >= 15 is 0 Å². The SMILES string of the molecule is CCCCC(CC)COP(=O)(Oc1ccccc1C(C)C)Oc1ccccc1C(C)C. The second-order valence-corrected chi connectivity index (χ2v) is 10.2. The summed E-state index contributed by atoms with van der Waals surface area (Å²) >= 11 is 0. The Bertz CT molecular complexity index is 789. The van der Waals surface area contributed by atoms with Crippen molar-refractivity contribution in [2.75, 3.05) is 6.61 Å². The van der Waals surface area contributed by atoms with E-state index in [4.69, 9.17) is 13.6 Å². The summed E-state index contributed by atoms with van der Waals surface area (Å²) in [6, 6.07) is 15.3. The van der Waals surface area contributed by atoms with Crippen LogP contribution in [0.3, 0.4) is 0 Å². The Morgan fingerprint density at radius 1 is 0.806 bits per heavy atom. The summed E-state index contributed by atoms with van der Waals surface area (Å²) < 4.78 is 32.0. The molecule has 0 spiro atoms. The van der Waals surface area contributed by atoms with Gasteiger partial charge in [0.15, 0.2) is 0 Å². The van der Waals surface area contributed by atoms with Crippen molar-refractivity contribution in [3.05, 3.63) is 59.7 Å². The van der Waals surface area contributed by atoms with Gasteiger partial charge in [0, 0.05) is 0 Å². The summed E-state index contributed by atoms with van der Waals surface area (Å²) in [6.07, 6.45) is 4.26. The van der Waals surface area contributed by atoms with Gasteiger partial charge < -0.3 is 9.05 Å². The molecule has 4 nitrogen and oxygen atoms in total. The largest absolute Gasteiger partial charge is 0.587 e. The zero-order valence-corrected chi connectivity index (χ0v) is 20.9. The van der Waals surface area contributed by atoms with E-state index in [-0.39, 0.29) is 11.8 Å². The Kier molecular flexibility index (Phi) is 10.1. The molecule has 0 N–H and O–H groups in total. The fraction of sp³-hybridized carbons (Fsp3) is 0.538. The summed E-state index contributed by atoms with van der Waals surface area (Å²) in [6.45, 7) is 13.0. The molecule has 0 saturated heterocycles. The number of benzene rings is 2. The molecular formula is C26H39O4P. The van der Waals surface area contributed by atoms with Crippen LogP contribution in [0.15, 0.2) is 48.5 Å². The molecule has 0 saturated carbocycles. The van der Waals surface area contributed by atoms with Gasteiger partial charge in [-0.2, -0.15) is 0 Å². The van der Waals surface area contributed by atoms with Crippen LogP contribution < -0.4 is 9.05 Å². The minimum Gasteiger partial charge on any atom is -0.395 e. The minimum absolute atomic E-state index is 0.223. The lowest BCUT2D eigenvalue weighted by Gasteiger charge is -2.24. The summed E-state index contributed by atoms with van der Waals surface area (Å²) in [5.74, 6) is 1.86. The molecular weight excluding hydrogens is 407 g/mol. The molecule has 2 aromatic carbocycles. The van der Waals surface area contributed by atoms with Gasteiger partial charge in [-0.25, -0.2) is 4.57 Å². The van der Waals surface area contributed by atoms with E-state index in [0.29, 0.717) is 24.0 Å². The lowest BCUT2D eigenvalue weighted by Crippen LogP contribution is -2.13. The smallest absolute Gasteiger partial charge is 0.395 e. The van der Waals surface area contributed by atoms with Gasteiger partial charge in [-0.1, -0.05) is 97.2 Å². The van der Waals surface area contributed by atoms with Gasteiger partial charge in [0.1, 0.15) is 11.5 Å². The first-order chi connectivity index (χ1) is 14.8. The average molecular weight is 447 g/mol. The first-order valence-electron chi connectivity index (χ1n) is 11.6. The van der Waals surface area contributed by atoms with Crippen LogP contribution in [-0.2, 0) is 9.09 Å². The molecule has 0 heterocycles. The Balaban J connectivity index is 2.34. The lowest BCUT2D eigenvalue weighted by molar-refractivity contribution is 0.170. The second-order valence-electron chi connectivity index (χ2n) is 8.73. The number of hydrogen-bond acceptors (Lipinski definition) is 4. The highest BCUT2D eigenvalue weighted by atomic mass is 31.2. The molecule has 1 unspecified atom stereocenters. The van der Waals surface area contributed by atoms with Crippen LogP contribution in [0.4, 0.5) is 0 Å². The molecule has 0 aliphatic heterocycles. The van der Waals surface area contributed by atoms with Crippen molar-refractivity contribution in [3.63, 3.8) is 0 Å². The summed E-state index contributed by atoms with van der Waals surface area (Å²) in [5, 5.41) is 0. The topological polar surface area (TPSA) is 44.8 Å². The van der Waals surface area contributed by atoms with Gasteiger partial charge in [0.25, 0.3) is 0 Å². The van der Waals surface area contributed by atoms with Crippen LogP contribution >= 0.6 is 7.82 Å². The number of para-hydroxylation sites is 2. The minimum atomic E-state index is -3.90. The van der Waals surface area contributed by atoms with Crippen LogP contribution in [0.1, 0.15) is 90.2 Å². The molecule has 31 heavy (non-hydrogen) atoms. The van der Waals surface area contributed by atoms with Crippen LogP contribution in [0.5, 0.6) is 11.5 Å². The average Bonchev–Trinajstić information content (AvgIpc) is 2.74. The van der Waals surface area contributed by atoms with Crippen LogP contribution in [0.25, 0.3) is 0 Å². The van der Waals surface area contributed by atoms with Crippen molar-refractivity contribution >= 4 is 7.82 Å². The maximum absolute atomic E-state index is 13.9. The van der Waals surface area contributed by atoms with Crippen LogP contribution in [0, 0.1) is 5.92 Å². The van der Waals surface area contributed by atoms with E-state index < -0.39 is 7.82 Å². The fourth-order valence-corrected chi connectivity index (χ4v) is 4.84. The van der Waals surface area contributed by atoms with Gasteiger partial charge in [-0.3, -0.25) is 4.52 Å². The van der Waals surface area contributed by atoms with Crippen molar-refractivity contribution in [1.29, 1.82) is 0 Å². The van der Waals surface area contributed by atoms with Crippen molar-refractivity contribution in [2.45, 2.75) is 79.1 Å². The van der Waals surface area contributed by atoms with Crippen molar-refractivity contribution in [1.82, 2.24) is 0 Å². The van der Waals surface area contributed by atoms with Crippen LogP contribution in [0.2, 0.25) is 0 Å². The van der Waals surface area contributed by atoms with Crippen LogP contribution in [-0.4, -0.2) is 6.61 Å². The third kappa shape index (κ3) is 7.70. The van der Waals surface area contributed by atoms with Crippen molar-refractivity contribution in [2.24, 2.45) is 5.92 Å². The molecule has 0 bridgehead atoms. The monoisotopic (exact) mass is 446 g/mol. The van der Waals surface area contributed by atoms with E-state index in [1.807, 2.05) is 48.5 Å². The van der Waals surface area contributed by atoms with Gasteiger partial charge in [0.2, 0.25) is 0 Å². The zero-order valence-electron chi connectivity index (χ0n) is 20.0. The van der Waals surface area contributed by atoms with E-state index in [0.717, 1.165) is 36.8 Å². The van der Waals surface area contributed by atoms with E-state index in [1.54, 1.807) is 0 Å². The standard InChI is InChI=1S/C26H39O4P/c1-7-9-14-22(8-2)19-28-31(27,29-25-17-12-10-15-23(25)20(3)4)30-26-18-13-11-16-24(26)21(5)6/h10-13,15-18,20-22H,7-9,14,19H2,1-6H3. The molecule has 2 aromatic rings. The number of rotatable bonds is 13. The van der Waals surface area contributed by atoms with Gasteiger partial charge >= 0.3 is 7.82 Å². The number of unbranched alkanes of at least 4 members (excludes halogenated alkanes) is 1. The molecule has 1 atom stereocenters. The van der Waals surface area contributed by atoms with E-state index in [2.05, 4.69) is 41.5 Å². The molecule has 0 fully saturated rings. The predicted octanol–water partition coefficient (Wildman–Crippen LogP) is 8.73. The Labute approximate surface area is 188 Å². The zero-order chi connectivity index (χ0) is 22.9. The molecule has 172 valence electrons. The maximum Gasteiger partial charge on any atom is 0.587 e. The summed E-state index contributed by atoms with van der Waals surface area (Å²) in [4.78, 5) is 0. The number of phosphoric ester groups is 1.